The summed E-state index contributed by atoms with van der Waals surface area (Å²) in [7, 11) is 1.55. The van der Waals surface area contributed by atoms with E-state index in [1.807, 2.05) is 12.1 Å². The largest absolute Gasteiger partial charge is 0.490 e. The first-order valence-corrected chi connectivity index (χ1v) is 6.36. The molecular formula is C13H18N4O3. The van der Waals surface area contributed by atoms with E-state index in [-0.39, 0.29) is 18.4 Å². The summed E-state index contributed by atoms with van der Waals surface area (Å²) in [5.41, 5.74) is 6.43. The zero-order valence-corrected chi connectivity index (χ0v) is 11.3. The highest BCUT2D eigenvalue weighted by molar-refractivity contribution is 5.94. The molecule has 0 spiro atoms. The lowest BCUT2D eigenvalue weighted by Crippen LogP contribution is -2.27. The number of amides is 1. The molecule has 1 aliphatic heterocycles. The van der Waals surface area contributed by atoms with Gasteiger partial charge in [-0.3, -0.25) is 4.79 Å². The maximum absolute atomic E-state index is 11.1. The Morgan fingerprint density at radius 1 is 1.35 bits per heavy atom. The molecule has 1 amide bonds. The molecule has 0 fully saturated rings. The first kappa shape index (κ1) is 14.0. The maximum atomic E-state index is 11.1. The van der Waals surface area contributed by atoms with Crippen molar-refractivity contribution in [3.63, 3.8) is 0 Å². The van der Waals surface area contributed by atoms with Crippen LogP contribution in [0.2, 0.25) is 0 Å². The van der Waals surface area contributed by atoms with Gasteiger partial charge < -0.3 is 25.8 Å². The van der Waals surface area contributed by atoms with Gasteiger partial charge in [-0.1, -0.05) is 0 Å². The van der Waals surface area contributed by atoms with Crippen LogP contribution in [0, 0.1) is 0 Å². The molecule has 0 aromatic heterocycles. The summed E-state index contributed by atoms with van der Waals surface area (Å²) in [6.45, 7) is 1.26. The summed E-state index contributed by atoms with van der Waals surface area (Å²) in [6, 6.07) is 5.42. The van der Waals surface area contributed by atoms with Crippen LogP contribution in [0.3, 0.4) is 0 Å². The third-order valence-corrected chi connectivity index (χ3v) is 2.69. The molecule has 0 atom stereocenters. The molecule has 0 saturated carbocycles. The van der Waals surface area contributed by atoms with E-state index in [4.69, 9.17) is 15.2 Å². The Bertz CT molecular complexity index is 516. The Morgan fingerprint density at radius 2 is 2.10 bits per heavy atom. The predicted octanol–water partition coefficient (Wildman–Crippen LogP) is 0.321. The summed E-state index contributed by atoms with van der Waals surface area (Å²) in [4.78, 5) is 15.0. The normalized spacial score (nSPS) is 14.3. The molecule has 1 aromatic carbocycles. The molecule has 0 saturated heterocycles. The molecule has 1 heterocycles. The molecule has 7 nitrogen and oxygen atoms in total. The number of rotatable bonds is 3. The van der Waals surface area contributed by atoms with Crippen LogP contribution in [-0.4, -0.2) is 38.7 Å². The van der Waals surface area contributed by atoms with Crippen LogP contribution in [0.1, 0.15) is 6.42 Å². The number of likely N-dealkylation sites (N-methyl/N-ethyl adjacent to an activating group) is 1. The van der Waals surface area contributed by atoms with Gasteiger partial charge in [0.15, 0.2) is 17.5 Å². The molecule has 4 N–H and O–H groups in total. The number of carbonyl (C=O) groups is 1. The molecule has 0 radical (unpaired) electrons. The maximum Gasteiger partial charge on any atom is 0.241 e. The van der Waals surface area contributed by atoms with E-state index in [2.05, 4.69) is 15.6 Å². The van der Waals surface area contributed by atoms with Gasteiger partial charge in [-0.2, -0.15) is 0 Å². The Morgan fingerprint density at radius 3 is 2.85 bits per heavy atom. The minimum Gasteiger partial charge on any atom is -0.490 e. The fraction of sp³-hybridized carbons (Fsp3) is 0.385. The monoisotopic (exact) mass is 278 g/mol. The number of benzene rings is 1. The van der Waals surface area contributed by atoms with Crippen molar-refractivity contribution >= 4 is 17.6 Å². The summed E-state index contributed by atoms with van der Waals surface area (Å²) in [6.07, 6.45) is 0.854. The Balaban J connectivity index is 2.02. The third-order valence-electron chi connectivity index (χ3n) is 2.69. The van der Waals surface area contributed by atoms with E-state index in [1.165, 1.54) is 0 Å². The topological polar surface area (TPSA) is 98.0 Å². The molecular weight excluding hydrogens is 260 g/mol. The number of hydrogen-bond acceptors (Lipinski definition) is 4. The van der Waals surface area contributed by atoms with Crippen molar-refractivity contribution in [1.82, 2.24) is 5.32 Å². The number of carbonyl (C=O) groups excluding carboxylic acids is 1. The van der Waals surface area contributed by atoms with Gasteiger partial charge in [0.25, 0.3) is 0 Å². The van der Waals surface area contributed by atoms with Crippen molar-refractivity contribution in [3.8, 4) is 11.5 Å². The van der Waals surface area contributed by atoms with Gasteiger partial charge >= 0.3 is 0 Å². The van der Waals surface area contributed by atoms with Crippen LogP contribution < -0.4 is 25.8 Å². The van der Waals surface area contributed by atoms with Gasteiger partial charge in [0, 0.05) is 25.2 Å². The highest BCUT2D eigenvalue weighted by atomic mass is 16.5. The zero-order valence-electron chi connectivity index (χ0n) is 11.3. The second-order valence-corrected chi connectivity index (χ2v) is 4.21. The first-order valence-electron chi connectivity index (χ1n) is 6.36. The molecule has 108 valence electrons. The van der Waals surface area contributed by atoms with Crippen molar-refractivity contribution in [3.05, 3.63) is 18.2 Å². The number of nitrogens with zero attached hydrogens (tertiary/aromatic N) is 1. The van der Waals surface area contributed by atoms with E-state index < -0.39 is 0 Å². The second-order valence-electron chi connectivity index (χ2n) is 4.21. The van der Waals surface area contributed by atoms with Gasteiger partial charge in [-0.05, 0) is 12.1 Å². The van der Waals surface area contributed by atoms with Gasteiger partial charge in [0.2, 0.25) is 5.91 Å². The standard InChI is InChI=1S/C13H18N4O3/c1-15-12(18)8-16-13(14)17-9-3-4-10-11(7-9)20-6-2-5-19-10/h3-4,7H,2,5-6,8H2,1H3,(H,15,18)(H3,14,16,17). The van der Waals surface area contributed by atoms with Crippen molar-refractivity contribution < 1.29 is 14.3 Å². The van der Waals surface area contributed by atoms with Crippen LogP contribution in [0.4, 0.5) is 5.69 Å². The van der Waals surface area contributed by atoms with Crippen LogP contribution in [-0.2, 0) is 4.79 Å². The van der Waals surface area contributed by atoms with Crippen molar-refractivity contribution in [1.29, 1.82) is 0 Å². The van der Waals surface area contributed by atoms with E-state index in [0.29, 0.717) is 24.7 Å². The van der Waals surface area contributed by atoms with Crippen molar-refractivity contribution in [2.75, 3.05) is 32.1 Å². The molecule has 1 aliphatic rings. The minimum atomic E-state index is -0.201. The van der Waals surface area contributed by atoms with Gasteiger partial charge in [-0.25, -0.2) is 4.99 Å². The minimum absolute atomic E-state index is 0.0140. The number of ether oxygens (including phenoxy) is 2. The number of nitrogens with one attached hydrogen (secondary N) is 2. The highest BCUT2D eigenvalue weighted by Crippen LogP contribution is 2.32. The predicted molar refractivity (Wildman–Crippen MR) is 76.2 cm³/mol. The number of guanidine groups is 1. The summed E-state index contributed by atoms with van der Waals surface area (Å²) in [5.74, 6) is 1.36. The SMILES string of the molecule is CNC(=O)CN=C(N)Nc1ccc2c(c1)OCCCO2. The number of hydrogen-bond donors (Lipinski definition) is 3. The van der Waals surface area contributed by atoms with Gasteiger partial charge in [0.05, 0.1) is 13.2 Å². The van der Waals surface area contributed by atoms with Crippen molar-refractivity contribution in [2.45, 2.75) is 6.42 Å². The van der Waals surface area contributed by atoms with Gasteiger partial charge in [0.1, 0.15) is 6.54 Å². The Hall–Kier alpha value is -2.44. The zero-order chi connectivity index (χ0) is 14.4. The summed E-state index contributed by atoms with van der Waals surface area (Å²) in [5, 5.41) is 5.37. The molecule has 1 aromatic rings. The Labute approximate surface area is 117 Å². The molecule has 0 bridgehead atoms. The van der Waals surface area contributed by atoms with Crippen molar-refractivity contribution in [2.24, 2.45) is 10.7 Å². The van der Waals surface area contributed by atoms with Crippen LogP contribution in [0.15, 0.2) is 23.2 Å². The average Bonchev–Trinajstić information content (AvgIpc) is 2.69. The lowest BCUT2D eigenvalue weighted by Gasteiger charge is -2.10. The molecule has 0 unspecified atom stereocenters. The molecule has 20 heavy (non-hydrogen) atoms. The number of fused-ring (bicyclic) bond motifs is 1. The van der Waals surface area contributed by atoms with E-state index in [9.17, 15) is 4.79 Å². The molecule has 7 heteroatoms. The third kappa shape index (κ3) is 3.78. The molecule has 0 aliphatic carbocycles. The van der Waals surface area contributed by atoms with Crippen LogP contribution in [0.5, 0.6) is 11.5 Å². The van der Waals surface area contributed by atoms with Crippen LogP contribution >= 0.6 is 0 Å². The van der Waals surface area contributed by atoms with E-state index in [1.54, 1.807) is 13.1 Å². The smallest absolute Gasteiger partial charge is 0.241 e. The van der Waals surface area contributed by atoms with Crippen LogP contribution in [0.25, 0.3) is 0 Å². The summed E-state index contributed by atoms with van der Waals surface area (Å²) >= 11 is 0. The van der Waals surface area contributed by atoms with Gasteiger partial charge in [-0.15, -0.1) is 0 Å². The fourth-order valence-electron chi connectivity index (χ4n) is 1.66. The van der Waals surface area contributed by atoms with E-state index >= 15 is 0 Å². The fourth-order valence-corrected chi connectivity index (χ4v) is 1.66. The number of anilines is 1. The van der Waals surface area contributed by atoms with E-state index in [0.717, 1.165) is 12.1 Å². The first-order chi connectivity index (χ1) is 9.69. The lowest BCUT2D eigenvalue weighted by atomic mass is 10.3. The lowest BCUT2D eigenvalue weighted by molar-refractivity contribution is -0.119. The Kier molecular flexibility index (Phi) is 4.65. The molecule has 2 rings (SSSR count). The average molecular weight is 278 g/mol. The second kappa shape index (κ2) is 6.65. The summed E-state index contributed by atoms with van der Waals surface area (Å²) < 4.78 is 11.1. The quantitative estimate of drug-likeness (QED) is 0.546. The highest BCUT2D eigenvalue weighted by Gasteiger charge is 2.10. The number of nitrogens with two attached hydrogens (primary N) is 1. The number of aliphatic imine (C=N–C) groups is 1.